The lowest BCUT2D eigenvalue weighted by atomic mass is 10.1. The highest BCUT2D eigenvalue weighted by Gasteiger charge is 2.26. The molecule has 2 amide bonds. The van der Waals surface area contributed by atoms with Gasteiger partial charge >= 0.3 is 0 Å². The van der Waals surface area contributed by atoms with Gasteiger partial charge in [-0.3, -0.25) is 9.59 Å². The second-order valence-corrected chi connectivity index (χ2v) is 8.61. The number of halogens is 2. The van der Waals surface area contributed by atoms with Crippen molar-refractivity contribution in [3.05, 3.63) is 69.2 Å². The first-order chi connectivity index (χ1) is 13.4. The van der Waals surface area contributed by atoms with Crippen LogP contribution in [0.2, 0.25) is 5.02 Å². The van der Waals surface area contributed by atoms with Gasteiger partial charge in [-0.1, -0.05) is 57.9 Å². The Morgan fingerprint density at radius 3 is 2.50 bits per heavy atom. The smallest absolute Gasteiger partial charge is 0.242 e. The van der Waals surface area contributed by atoms with Crippen LogP contribution in [0.15, 0.2) is 53.0 Å². The minimum absolute atomic E-state index is 0.0826. The number of thioether (sulfide) groups is 1. The van der Waals surface area contributed by atoms with Crippen molar-refractivity contribution in [2.45, 2.75) is 32.2 Å². The molecule has 0 fully saturated rings. The van der Waals surface area contributed by atoms with E-state index in [0.717, 1.165) is 21.4 Å². The van der Waals surface area contributed by atoms with Crippen molar-refractivity contribution in [2.24, 2.45) is 0 Å². The maximum Gasteiger partial charge on any atom is 0.242 e. The highest BCUT2D eigenvalue weighted by Crippen LogP contribution is 2.21. The van der Waals surface area contributed by atoms with Gasteiger partial charge in [-0.2, -0.15) is 0 Å². The highest BCUT2D eigenvalue weighted by molar-refractivity contribution is 9.10. The average molecular weight is 484 g/mol. The molecule has 0 saturated carbocycles. The number of amides is 2. The zero-order chi connectivity index (χ0) is 20.5. The lowest BCUT2D eigenvalue weighted by molar-refractivity contribution is -0.138. The Hall–Kier alpha value is -1.50. The summed E-state index contributed by atoms with van der Waals surface area (Å²) in [5.74, 6) is 0.778. The highest BCUT2D eigenvalue weighted by atomic mass is 79.9. The van der Waals surface area contributed by atoms with Gasteiger partial charge in [0.25, 0.3) is 0 Å². The largest absolute Gasteiger partial charge is 0.355 e. The summed E-state index contributed by atoms with van der Waals surface area (Å²) in [6.07, 6.45) is 0. The molecule has 0 aromatic heterocycles. The summed E-state index contributed by atoms with van der Waals surface area (Å²) >= 11 is 11.2. The van der Waals surface area contributed by atoms with Crippen LogP contribution in [0.1, 0.15) is 25.0 Å². The summed E-state index contributed by atoms with van der Waals surface area (Å²) in [6.45, 7) is 4.43. The van der Waals surface area contributed by atoms with E-state index in [1.165, 1.54) is 11.8 Å². The molecule has 7 heteroatoms. The van der Waals surface area contributed by atoms with Gasteiger partial charge in [-0.15, -0.1) is 11.8 Å². The van der Waals surface area contributed by atoms with Gasteiger partial charge in [0.2, 0.25) is 11.8 Å². The van der Waals surface area contributed by atoms with Crippen molar-refractivity contribution in [3.8, 4) is 0 Å². The van der Waals surface area contributed by atoms with E-state index < -0.39 is 6.04 Å². The molecule has 150 valence electrons. The van der Waals surface area contributed by atoms with Crippen LogP contribution in [-0.2, 0) is 21.9 Å². The molecule has 28 heavy (non-hydrogen) atoms. The third kappa shape index (κ3) is 6.83. The molecule has 0 aliphatic heterocycles. The quantitative estimate of drug-likeness (QED) is 0.552. The SMILES string of the molecule is CCNC(=O)C(C)N(Cc1ccccc1Cl)C(=O)CSCc1ccc(Br)cc1. The van der Waals surface area contributed by atoms with Crippen molar-refractivity contribution in [2.75, 3.05) is 12.3 Å². The normalized spacial score (nSPS) is 11.7. The number of benzene rings is 2. The van der Waals surface area contributed by atoms with Crippen molar-refractivity contribution in [1.82, 2.24) is 10.2 Å². The molecule has 0 radical (unpaired) electrons. The molecular formula is C21H24BrClN2O2S. The Balaban J connectivity index is 2.06. The van der Waals surface area contributed by atoms with Crippen LogP contribution >= 0.6 is 39.3 Å². The number of rotatable bonds is 9. The molecule has 0 spiro atoms. The number of nitrogens with one attached hydrogen (secondary N) is 1. The first-order valence-electron chi connectivity index (χ1n) is 9.05. The lowest BCUT2D eigenvalue weighted by Crippen LogP contribution is -2.48. The van der Waals surface area contributed by atoms with Gasteiger partial charge in [0.05, 0.1) is 5.75 Å². The minimum Gasteiger partial charge on any atom is -0.355 e. The van der Waals surface area contributed by atoms with Gasteiger partial charge in [-0.25, -0.2) is 0 Å². The molecule has 1 N–H and O–H groups in total. The Bertz CT molecular complexity index is 801. The zero-order valence-electron chi connectivity index (χ0n) is 16.0. The second kappa shape index (κ2) is 11.5. The minimum atomic E-state index is -0.572. The first-order valence-corrected chi connectivity index (χ1v) is 11.4. The van der Waals surface area contributed by atoms with Gasteiger partial charge in [0, 0.05) is 28.3 Å². The predicted octanol–water partition coefficient (Wildman–Crippen LogP) is 4.89. The number of carbonyl (C=O) groups excluding carboxylic acids is 2. The lowest BCUT2D eigenvalue weighted by Gasteiger charge is -2.29. The summed E-state index contributed by atoms with van der Waals surface area (Å²) in [5.41, 5.74) is 1.97. The van der Waals surface area contributed by atoms with Gasteiger partial charge < -0.3 is 10.2 Å². The monoisotopic (exact) mass is 482 g/mol. The Labute approximate surface area is 184 Å². The van der Waals surface area contributed by atoms with Crippen LogP contribution < -0.4 is 5.32 Å². The van der Waals surface area contributed by atoms with Crippen molar-refractivity contribution >= 4 is 51.1 Å². The van der Waals surface area contributed by atoms with E-state index in [1.807, 2.05) is 49.4 Å². The van der Waals surface area contributed by atoms with Crippen LogP contribution in [0.25, 0.3) is 0 Å². The molecule has 0 bridgehead atoms. The fourth-order valence-corrected chi connectivity index (χ4v) is 3.96. The molecule has 0 aliphatic rings. The summed E-state index contributed by atoms with van der Waals surface area (Å²) < 4.78 is 1.03. The van der Waals surface area contributed by atoms with E-state index in [4.69, 9.17) is 11.6 Å². The molecule has 2 aromatic rings. The van der Waals surface area contributed by atoms with Crippen LogP contribution in [-0.4, -0.2) is 35.1 Å². The van der Waals surface area contributed by atoms with Crippen LogP contribution in [0.5, 0.6) is 0 Å². The number of nitrogens with zero attached hydrogens (tertiary/aromatic N) is 1. The maximum absolute atomic E-state index is 12.9. The second-order valence-electron chi connectivity index (χ2n) is 6.30. The Kier molecular flexibility index (Phi) is 9.35. The van der Waals surface area contributed by atoms with Crippen LogP contribution in [0.4, 0.5) is 0 Å². The number of likely N-dealkylation sites (N-methyl/N-ethyl adjacent to an activating group) is 1. The first kappa shape index (κ1) is 22.8. The molecule has 2 rings (SSSR count). The third-order valence-corrected chi connectivity index (χ3v) is 6.11. The average Bonchev–Trinajstić information content (AvgIpc) is 2.68. The Morgan fingerprint density at radius 1 is 1.18 bits per heavy atom. The van der Waals surface area contributed by atoms with Crippen LogP contribution in [0, 0.1) is 0 Å². The van der Waals surface area contributed by atoms with Crippen molar-refractivity contribution in [3.63, 3.8) is 0 Å². The number of carbonyl (C=O) groups is 2. The molecule has 1 unspecified atom stereocenters. The van der Waals surface area contributed by atoms with Gasteiger partial charge in [0.1, 0.15) is 6.04 Å². The molecular weight excluding hydrogens is 460 g/mol. The third-order valence-electron chi connectivity index (χ3n) is 4.22. The predicted molar refractivity (Wildman–Crippen MR) is 120 cm³/mol. The molecule has 0 aliphatic carbocycles. The molecule has 0 saturated heterocycles. The summed E-state index contributed by atoms with van der Waals surface area (Å²) in [4.78, 5) is 26.9. The summed E-state index contributed by atoms with van der Waals surface area (Å²) in [5, 5.41) is 3.38. The maximum atomic E-state index is 12.9. The van der Waals surface area contributed by atoms with Gasteiger partial charge in [-0.05, 0) is 43.2 Å². The Morgan fingerprint density at radius 2 is 1.86 bits per heavy atom. The van der Waals surface area contributed by atoms with E-state index in [1.54, 1.807) is 17.9 Å². The fourth-order valence-electron chi connectivity index (χ4n) is 2.63. The van der Waals surface area contributed by atoms with Crippen LogP contribution in [0.3, 0.4) is 0 Å². The van der Waals surface area contributed by atoms with E-state index in [2.05, 4.69) is 21.2 Å². The topological polar surface area (TPSA) is 49.4 Å². The number of hydrogen-bond donors (Lipinski definition) is 1. The standard InChI is InChI=1S/C21H24BrClN2O2S/c1-3-24-21(27)15(2)25(12-17-6-4-5-7-19(17)23)20(26)14-28-13-16-8-10-18(22)11-9-16/h4-11,15H,3,12-14H2,1-2H3,(H,24,27). The summed E-state index contributed by atoms with van der Waals surface area (Å²) in [7, 11) is 0. The summed E-state index contributed by atoms with van der Waals surface area (Å²) in [6, 6.07) is 14.8. The molecule has 4 nitrogen and oxygen atoms in total. The zero-order valence-corrected chi connectivity index (χ0v) is 19.1. The van der Waals surface area contributed by atoms with E-state index in [-0.39, 0.29) is 11.8 Å². The van der Waals surface area contributed by atoms with E-state index in [9.17, 15) is 9.59 Å². The van der Waals surface area contributed by atoms with Gasteiger partial charge in [0.15, 0.2) is 0 Å². The van der Waals surface area contributed by atoms with E-state index >= 15 is 0 Å². The van der Waals surface area contributed by atoms with Crippen molar-refractivity contribution < 1.29 is 9.59 Å². The molecule has 2 aromatic carbocycles. The molecule has 1 atom stereocenters. The number of hydrogen-bond acceptors (Lipinski definition) is 3. The van der Waals surface area contributed by atoms with Crippen molar-refractivity contribution in [1.29, 1.82) is 0 Å². The van der Waals surface area contributed by atoms with E-state index in [0.29, 0.717) is 23.9 Å². The molecule has 0 heterocycles. The fraction of sp³-hybridized carbons (Fsp3) is 0.333.